The molecule has 1 aromatic heterocycles. The van der Waals surface area contributed by atoms with Gasteiger partial charge in [-0.2, -0.15) is 0 Å². The summed E-state index contributed by atoms with van der Waals surface area (Å²) in [6.45, 7) is 8.06. The van der Waals surface area contributed by atoms with Crippen LogP contribution in [0.4, 0.5) is 5.69 Å². The molecule has 1 heterocycles. The van der Waals surface area contributed by atoms with Crippen LogP contribution >= 0.6 is 15.9 Å². The number of benzene rings is 3. The molecule has 0 bridgehead atoms. The Balaban J connectivity index is 1.86. The first-order valence-electron chi connectivity index (χ1n) is 10.4. The average molecular weight is 489 g/mol. The number of fused-ring (bicyclic) bond motifs is 1. The fourth-order valence-corrected chi connectivity index (χ4v) is 4.34. The standard InChI is InChI=1S/C27H25BrN2O2/c1-15-10-18(4)26-21(11-15)22(14-25(29-26)19-6-8-20(32-5)9-7-19)27(31)30-24-13-16(2)23(28)12-17(24)3/h6-14H,1-5H3,(H,30,31). The van der Waals surface area contributed by atoms with Crippen LogP contribution in [0.1, 0.15) is 32.6 Å². The highest BCUT2D eigenvalue weighted by Gasteiger charge is 2.17. The van der Waals surface area contributed by atoms with Crippen molar-refractivity contribution in [1.29, 1.82) is 0 Å². The predicted octanol–water partition coefficient (Wildman–Crippen LogP) is 7.16. The Labute approximate surface area is 196 Å². The summed E-state index contributed by atoms with van der Waals surface area (Å²) >= 11 is 3.56. The number of nitrogens with zero attached hydrogens (tertiary/aromatic N) is 1. The molecular weight excluding hydrogens is 464 g/mol. The van der Waals surface area contributed by atoms with Crippen molar-refractivity contribution in [3.8, 4) is 17.0 Å². The van der Waals surface area contributed by atoms with Crippen molar-refractivity contribution in [1.82, 2.24) is 4.98 Å². The van der Waals surface area contributed by atoms with Gasteiger partial charge >= 0.3 is 0 Å². The molecule has 0 spiro atoms. The number of methoxy groups -OCH3 is 1. The zero-order valence-corrected chi connectivity index (χ0v) is 20.4. The van der Waals surface area contributed by atoms with Crippen molar-refractivity contribution in [2.24, 2.45) is 0 Å². The molecule has 32 heavy (non-hydrogen) atoms. The first-order valence-corrected chi connectivity index (χ1v) is 11.2. The van der Waals surface area contributed by atoms with Crippen LogP contribution in [-0.2, 0) is 0 Å². The molecule has 4 rings (SSSR count). The SMILES string of the molecule is COc1ccc(-c2cc(C(=O)Nc3cc(C)c(Br)cc3C)c3cc(C)cc(C)c3n2)cc1. The van der Waals surface area contributed by atoms with Gasteiger partial charge in [-0.05, 0) is 92.9 Å². The van der Waals surface area contributed by atoms with Crippen LogP contribution in [0.15, 0.2) is 59.1 Å². The van der Waals surface area contributed by atoms with Gasteiger partial charge in [0.2, 0.25) is 0 Å². The molecule has 1 amide bonds. The smallest absolute Gasteiger partial charge is 0.256 e. The average Bonchev–Trinajstić information content (AvgIpc) is 2.77. The molecule has 0 aliphatic rings. The number of amides is 1. The maximum absolute atomic E-state index is 13.5. The first-order chi connectivity index (χ1) is 15.3. The fourth-order valence-electron chi connectivity index (χ4n) is 3.88. The maximum atomic E-state index is 13.5. The molecule has 0 atom stereocenters. The van der Waals surface area contributed by atoms with Gasteiger partial charge < -0.3 is 10.1 Å². The number of rotatable bonds is 4. The van der Waals surface area contributed by atoms with Crippen molar-refractivity contribution >= 4 is 38.4 Å². The third-order valence-electron chi connectivity index (χ3n) is 5.63. The molecule has 0 aliphatic carbocycles. The molecule has 5 heteroatoms. The number of halogens is 1. The van der Waals surface area contributed by atoms with Gasteiger partial charge in [0.1, 0.15) is 5.75 Å². The maximum Gasteiger partial charge on any atom is 0.256 e. The fraction of sp³-hybridized carbons (Fsp3) is 0.185. The van der Waals surface area contributed by atoms with Gasteiger partial charge in [-0.1, -0.05) is 27.6 Å². The highest BCUT2D eigenvalue weighted by molar-refractivity contribution is 9.10. The number of carbonyl (C=O) groups is 1. The van der Waals surface area contributed by atoms with Gasteiger partial charge in [0.15, 0.2) is 0 Å². The van der Waals surface area contributed by atoms with E-state index in [0.29, 0.717) is 5.56 Å². The third-order valence-corrected chi connectivity index (χ3v) is 6.49. The summed E-state index contributed by atoms with van der Waals surface area (Å²) in [6, 6.07) is 17.7. The van der Waals surface area contributed by atoms with Crippen molar-refractivity contribution < 1.29 is 9.53 Å². The van der Waals surface area contributed by atoms with E-state index in [9.17, 15) is 4.79 Å². The van der Waals surface area contributed by atoms with E-state index in [0.717, 1.165) is 60.3 Å². The van der Waals surface area contributed by atoms with Gasteiger partial charge in [0.05, 0.1) is 23.9 Å². The number of ether oxygens (including phenoxy) is 1. The summed E-state index contributed by atoms with van der Waals surface area (Å²) < 4.78 is 6.30. The summed E-state index contributed by atoms with van der Waals surface area (Å²) in [4.78, 5) is 18.4. The summed E-state index contributed by atoms with van der Waals surface area (Å²) in [6.07, 6.45) is 0. The van der Waals surface area contributed by atoms with Crippen LogP contribution in [0.5, 0.6) is 5.75 Å². The van der Waals surface area contributed by atoms with Crippen LogP contribution < -0.4 is 10.1 Å². The predicted molar refractivity (Wildman–Crippen MR) is 135 cm³/mol. The van der Waals surface area contributed by atoms with E-state index in [-0.39, 0.29) is 5.91 Å². The Hall–Kier alpha value is -3.18. The number of nitrogens with one attached hydrogen (secondary N) is 1. The van der Waals surface area contributed by atoms with Gasteiger partial charge in [-0.15, -0.1) is 0 Å². The van der Waals surface area contributed by atoms with E-state index >= 15 is 0 Å². The summed E-state index contributed by atoms with van der Waals surface area (Å²) in [5, 5.41) is 3.97. The molecule has 0 aliphatic heterocycles. The van der Waals surface area contributed by atoms with Crippen LogP contribution in [0, 0.1) is 27.7 Å². The minimum Gasteiger partial charge on any atom is -0.497 e. The molecule has 0 saturated heterocycles. The molecule has 1 N–H and O–H groups in total. The van der Waals surface area contributed by atoms with E-state index < -0.39 is 0 Å². The highest BCUT2D eigenvalue weighted by Crippen LogP contribution is 2.30. The lowest BCUT2D eigenvalue weighted by Gasteiger charge is -2.15. The van der Waals surface area contributed by atoms with E-state index in [2.05, 4.69) is 27.3 Å². The normalized spacial score (nSPS) is 10.9. The highest BCUT2D eigenvalue weighted by atomic mass is 79.9. The second-order valence-corrected chi connectivity index (χ2v) is 8.99. The van der Waals surface area contributed by atoms with E-state index in [1.807, 2.05) is 76.2 Å². The molecule has 3 aromatic carbocycles. The Morgan fingerprint density at radius 2 is 1.62 bits per heavy atom. The number of aromatic nitrogens is 1. The lowest BCUT2D eigenvalue weighted by molar-refractivity contribution is 0.102. The zero-order valence-electron chi connectivity index (χ0n) is 18.8. The molecule has 162 valence electrons. The van der Waals surface area contributed by atoms with Crippen molar-refractivity contribution in [2.45, 2.75) is 27.7 Å². The molecule has 4 nitrogen and oxygen atoms in total. The quantitative estimate of drug-likeness (QED) is 0.331. The topological polar surface area (TPSA) is 51.2 Å². The molecule has 0 fully saturated rings. The summed E-state index contributed by atoms with van der Waals surface area (Å²) in [5.74, 6) is 0.627. The lowest BCUT2D eigenvalue weighted by Crippen LogP contribution is -2.14. The van der Waals surface area contributed by atoms with Crippen molar-refractivity contribution in [2.75, 3.05) is 12.4 Å². The van der Waals surface area contributed by atoms with Gasteiger partial charge in [0, 0.05) is 21.1 Å². The Bertz CT molecular complexity index is 1340. The lowest BCUT2D eigenvalue weighted by atomic mass is 9.99. The molecule has 0 unspecified atom stereocenters. The van der Waals surface area contributed by atoms with Crippen LogP contribution in [0.3, 0.4) is 0 Å². The Morgan fingerprint density at radius 3 is 2.31 bits per heavy atom. The van der Waals surface area contributed by atoms with E-state index in [1.165, 1.54) is 0 Å². The van der Waals surface area contributed by atoms with Crippen LogP contribution in [0.25, 0.3) is 22.2 Å². The third kappa shape index (κ3) is 4.26. The number of pyridine rings is 1. The zero-order chi connectivity index (χ0) is 23.0. The minimum atomic E-state index is -0.151. The number of hydrogen-bond donors (Lipinski definition) is 1. The van der Waals surface area contributed by atoms with E-state index in [4.69, 9.17) is 9.72 Å². The summed E-state index contributed by atoms with van der Waals surface area (Å²) in [7, 11) is 1.64. The Morgan fingerprint density at radius 1 is 0.906 bits per heavy atom. The second-order valence-electron chi connectivity index (χ2n) is 8.13. The monoisotopic (exact) mass is 488 g/mol. The van der Waals surface area contributed by atoms with Gasteiger partial charge in [0.25, 0.3) is 5.91 Å². The van der Waals surface area contributed by atoms with Gasteiger partial charge in [-0.25, -0.2) is 4.98 Å². The second kappa shape index (κ2) is 8.75. The minimum absolute atomic E-state index is 0.151. The largest absolute Gasteiger partial charge is 0.497 e. The molecule has 4 aromatic rings. The molecule has 0 radical (unpaired) electrons. The molecular formula is C27H25BrN2O2. The number of anilines is 1. The summed E-state index contributed by atoms with van der Waals surface area (Å²) in [5.41, 5.74) is 8.12. The first kappa shape index (κ1) is 22.0. The molecule has 0 saturated carbocycles. The number of aryl methyl sites for hydroxylation is 4. The van der Waals surface area contributed by atoms with Crippen LogP contribution in [0.2, 0.25) is 0 Å². The van der Waals surface area contributed by atoms with E-state index in [1.54, 1.807) is 7.11 Å². The van der Waals surface area contributed by atoms with Gasteiger partial charge in [-0.3, -0.25) is 4.79 Å². The van der Waals surface area contributed by atoms with Crippen LogP contribution in [-0.4, -0.2) is 18.0 Å². The number of carbonyl (C=O) groups excluding carboxylic acids is 1. The number of hydrogen-bond acceptors (Lipinski definition) is 3. The van der Waals surface area contributed by atoms with Crippen molar-refractivity contribution in [3.05, 3.63) is 86.9 Å². The Kier molecular flexibility index (Phi) is 6.02. The van der Waals surface area contributed by atoms with Crippen molar-refractivity contribution in [3.63, 3.8) is 0 Å².